The predicted molar refractivity (Wildman–Crippen MR) is 79.2 cm³/mol. The summed E-state index contributed by atoms with van der Waals surface area (Å²) in [4.78, 5) is 11.9. The van der Waals surface area contributed by atoms with Gasteiger partial charge in [-0.05, 0) is 38.0 Å². The van der Waals surface area contributed by atoms with Crippen molar-refractivity contribution in [1.29, 1.82) is 0 Å². The van der Waals surface area contributed by atoms with Crippen molar-refractivity contribution >= 4 is 5.97 Å². The first-order chi connectivity index (χ1) is 10.3. The Morgan fingerprint density at radius 2 is 2.14 bits per heavy atom. The van der Waals surface area contributed by atoms with Crippen molar-refractivity contribution in [3.63, 3.8) is 0 Å². The van der Waals surface area contributed by atoms with E-state index in [-0.39, 0.29) is 5.97 Å². The molecule has 0 aliphatic heterocycles. The molecule has 0 unspecified atom stereocenters. The standard InChI is InChI=1S/C16H21N3O2/c1-2-21-16(20)15-8-5-10-18(15)12-13-9-11-19(17-13)14-6-3-4-7-14/h5,8-11,14H,2-4,6-7,12H2,1H3. The highest BCUT2D eigenvalue weighted by molar-refractivity contribution is 5.87. The van der Waals surface area contributed by atoms with E-state index in [2.05, 4.69) is 16.0 Å². The lowest BCUT2D eigenvalue weighted by molar-refractivity contribution is 0.0514. The molecule has 2 heterocycles. The van der Waals surface area contributed by atoms with Gasteiger partial charge in [0.15, 0.2) is 0 Å². The van der Waals surface area contributed by atoms with E-state index in [1.165, 1.54) is 25.7 Å². The summed E-state index contributed by atoms with van der Waals surface area (Å²) in [6.45, 7) is 2.80. The second kappa shape index (κ2) is 6.16. The third kappa shape index (κ3) is 3.01. The molecule has 0 saturated heterocycles. The second-order valence-electron chi connectivity index (χ2n) is 5.47. The molecule has 1 aliphatic rings. The molecule has 0 amide bonds. The Morgan fingerprint density at radius 3 is 2.90 bits per heavy atom. The highest BCUT2D eigenvalue weighted by Crippen LogP contribution is 2.28. The molecule has 112 valence electrons. The van der Waals surface area contributed by atoms with Crippen LogP contribution in [0.15, 0.2) is 30.6 Å². The fraction of sp³-hybridized carbons (Fsp3) is 0.500. The normalized spacial score (nSPS) is 15.5. The summed E-state index contributed by atoms with van der Waals surface area (Å²) in [6, 6.07) is 6.23. The maximum absolute atomic E-state index is 11.9. The van der Waals surface area contributed by atoms with Gasteiger partial charge < -0.3 is 9.30 Å². The van der Waals surface area contributed by atoms with Crippen molar-refractivity contribution in [2.75, 3.05) is 6.61 Å². The molecule has 0 radical (unpaired) electrons. The van der Waals surface area contributed by atoms with Crippen LogP contribution in [-0.2, 0) is 11.3 Å². The number of carbonyl (C=O) groups excluding carboxylic acids is 1. The first-order valence-electron chi connectivity index (χ1n) is 7.64. The number of hydrogen-bond acceptors (Lipinski definition) is 3. The van der Waals surface area contributed by atoms with Crippen molar-refractivity contribution < 1.29 is 9.53 Å². The van der Waals surface area contributed by atoms with Gasteiger partial charge in [-0.25, -0.2) is 4.79 Å². The zero-order chi connectivity index (χ0) is 14.7. The molecule has 0 bridgehead atoms. The Balaban J connectivity index is 1.72. The maximum atomic E-state index is 11.9. The van der Waals surface area contributed by atoms with Crippen molar-refractivity contribution in [1.82, 2.24) is 14.3 Å². The van der Waals surface area contributed by atoms with Gasteiger partial charge in [-0.3, -0.25) is 4.68 Å². The quantitative estimate of drug-likeness (QED) is 0.794. The number of carbonyl (C=O) groups is 1. The molecule has 2 aromatic rings. The fourth-order valence-electron chi connectivity index (χ4n) is 2.95. The smallest absolute Gasteiger partial charge is 0.354 e. The van der Waals surface area contributed by atoms with Crippen molar-refractivity contribution in [2.45, 2.75) is 45.2 Å². The van der Waals surface area contributed by atoms with Crippen LogP contribution in [0.25, 0.3) is 0 Å². The number of nitrogens with zero attached hydrogens (tertiary/aromatic N) is 3. The molecule has 21 heavy (non-hydrogen) atoms. The SMILES string of the molecule is CCOC(=O)c1cccn1Cc1ccn(C2CCCC2)n1. The Kier molecular flexibility index (Phi) is 4.08. The van der Waals surface area contributed by atoms with Crippen molar-refractivity contribution in [3.05, 3.63) is 42.0 Å². The van der Waals surface area contributed by atoms with Crippen LogP contribution in [0.5, 0.6) is 0 Å². The lowest BCUT2D eigenvalue weighted by atomic mass is 10.3. The van der Waals surface area contributed by atoms with E-state index >= 15 is 0 Å². The van der Waals surface area contributed by atoms with E-state index in [0.717, 1.165) is 5.69 Å². The van der Waals surface area contributed by atoms with Gasteiger partial charge in [0.05, 0.1) is 24.9 Å². The molecular formula is C16H21N3O2. The number of ether oxygens (including phenoxy) is 1. The lowest BCUT2D eigenvalue weighted by Crippen LogP contribution is -2.13. The Hall–Kier alpha value is -2.04. The first-order valence-corrected chi connectivity index (χ1v) is 7.64. The summed E-state index contributed by atoms with van der Waals surface area (Å²) in [5.41, 5.74) is 1.55. The second-order valence-corrected chi connectivity index (χ2v) is 5.47. The summed E-state index contributed by atoms with van der Waals surface area (Å²) >= 11 is 0. The van der Waals surface area contributed by atoms with Gasteiger partial charge in [0.1, 0.15) is 5.69 Å². The maximum Gasteiger partial charge on any atom is 0.354 e. The van der Waals surface area contributed by atoms with Crippen LogP contribution in [-0.4, -0.2) is 26.9 Å². The molecule has 3 rings (SSSR count). The third-order valence-corrected chi connectivity index (χ3v) is 4.01. The molecule has 0 aromatic carbocycles. The minimum absolute atomic E-state index is 0.280. The van der Waals surface area contributed by atoms with E-state index in [1.54, 1.807) is 6.07 Å². The average Bonchev–Trinajstić information content (AvgIpc) is 3.20. The Morgan fingerprint density at radius 1 is 1.33 bits per heavy atom. The van der Waals surface area contributed by atoms with Crippen LogP contribution >= 0.6 is 0 Å². The summed E-state index contributed by atoms with van der Waals surface area (Å²) in [6.07, 6.45) is 8.98. The topological polar surface area (TPSA) is 49.0 Å². The van der Waals surface area contributed by atoms with E-state index in [0.29, 0.717) is 24.9 Å². The molecule has 1 saturated carbocycles. The average molecular weight is 287 g/mol. The molecule has 0 N–H and O–H groups in total. The summed E-state index contributed by atoms with van der Waals surface area (Å²) in [5.74, 6) is -0.280. The number of esters is 1. The van der Waals surface area contributed by atoms with Gasteiger partial charge in [-0.1, -0.05) is 12.8 Å². The molecule has 0 atom stereocenters. The molecule has 1 aliphatic carbocycles. The van der Waals surface area contributed by atoms with Crippen LogP contribution in [0.3, 0.4) is 0 Å². The van der Waals surface area contributed by atoms with Crippen LogP contribution in [0, 0.1) is 0 Å². The lowest BCUT2D eigenvalue weighted by Gasteiger charge is -2.09. The Labute approximate surface area is 124 Å². The Bertz CT molecular complexity index is 609. The molecular weight excluding hydrogens is 266 g/mol. The van der Waals surface area contributed by atoms with Crippen LogP contribution < -0.4 is 0 Å². The van der Waals surface area contributed by atoms with Gasteiger partial charge in [0, 0.05) is 12.4 Å². The fourth-order valence-corrected chi connectivity index (χ4v) is 2.95. The summed E-state index contributed by atoms with van der Waals surface area (Å²) < 4.78 is 9.03. The summed E-state index contributed by atoms with van der Waals surface area (Å²) in [7, 11) is 0. The van der Waals surface area contributed by atoms with Gasteiger partial charge in [0.25, 0.3) is 0 Å². The molecule has 5 nitrogen and oxygen atoms in total. The molecule has 5 heteroatoms. The predicted octanol–water partition coefficient (Wildman–Crippen LogP) is 3.02. The molecule has 1 fully saturated rings. The monoisotopic (exact) mass is 287 g/mol. The largest absolute Gasteiger partial charge is 0.461 e. The third-order valence-electron chi connectivity index (χ3n) is 4.01. The zero-order valence-electron chi connectivity index (χ0n) is 12.4. The van der Waals surface area contributed by atoms with Gasteiger partial charge >= 0.3 is 5.97 Å². The van der Waals surface area contributed by atoms with E-state index in [9.17, 15) is 4.79 Å². The highest BCUT2D eigenvalue weighted by atomic mass is 16.5. The minimum atomic E-state index is -0.280. The van der Waals surface area contributed by atoms with Crippen molar-refractivity contribution in [2.24, 2.45) is 0 Å². The highest BCUT2D eigenvalue weighted by Gasteiger charge is 2.18. The zero-order valence-corrected chi connectivity index (χ0v) is 12.4. The first kappa shape index (κ1) is 13.9. The number of rotatable bonds is 5. The van der Waals surface area contributed by atoms with Crippen molar-refractivity contribution in [3.8, 4) is 0 Å². The summed E-state index contributed by atoms with van der Waals surface area (Å²) in [5, 5.41) is 4.66. The van der Waals surface area contributed by atoms with E-state index < -0.39 is 0 Å². The van der Waals surface area contributed by atoms with Gasteiger partial charge in [-0.2, -0.15) is 5.10 Å². The minimum Gasteiger partial charge on any atom is -0.461 e. The number of hydrogen-bond donors (Lipinski definition) is 0. The molecule has 0 spiro atoms. The van der Waals surface area contributed by atoms with Crippen LogP contribution in [0.2, 0.25) is 0 Å². The molecule has 2 aromatic heterocycles. The van der Waals surface area contributed by atoms with E-state index in [1.807, 2.05) is 29.8 Å². The van der Waals surface area contributed by atoms with Gasteiger partial charge in [0.2, 0.25) is 0 Å². The van der Waals surface area contributed by atoms with E-state index in [4.69, 9.17) is 4.74 Å². The van der Waals surface area contributed by atoms with Gasteiger partial charge in [-0.15, -0.1) is 0 Å². The number of aromatic nitrogens is 3. The van der Waals surface area contributed by atoms with Crippen LogP contribution in [0.1, 0.15) is 54.8 Å². The van der Waals surface area contributed by atoms with Crippen LogP contribution in [0.4, 0.5) is 0 Å².